The summed E-state index contributed by atoms with van der Waals surface area (Å²) >= 11 is 0. The molecule has 2 aliphatic rings. The molecule has 120 valence electrons. The summed E-state index contributed by atoms with van der Waals surface area (Å²) in [6.07, 6.45) is 6.25. The van der Waals surface area contributed by atoms with Gasteiger partial charge in [-0.15, -0.1) is 0 Å². The lowest BCUT2D eigenvalue weighted by Crippen LogP contribution is -2.46. The van der Waals surface area contributed by atoms with Crippen LogP contribution in [0.4, 0.5) is 4.79 Å². The summed E-state index contributed by atoms with van der Waals surface area (Å²) in [7, 11) is 0. The molecule has 1 heterocycles. The Morgan fingerprint density at radius 2 is 1.81 bits per heavy atom. The number of urea groups is 1. The van der Waals surface area contributed by atoms with E-state index in [9.17, 15) is 9.59 Å². The molecule has 0 aromatic heterocycles. The van der Waals surface area contributed by atoms with Gasteiger partial charge in [-0.05, 0) is 50.4 Å². The summed E-state index contributed by atoms with van der Waals surface area (Å²) in [6.45, 7) is 6.12. The predicted octanol–water partition coefficient (Wildman–Crippen LogP) is 2.85. The van der Waals surface area contributed by atoms with Crippen molar-refractivity contribution < 1.29 is 14.7 Å². The van der Waals surface area contributed by atoms with E-state index in [0.717, 1.165) is 45.2 Å². The Morgan fingerprint density at radius 3 is 2.29 bits per heavy atom. The zero-order valence-corrected chi connectivity index (χ0v) is 13.2. The number of carboxylic acid groups (broad SMARTS) is 1. The first kappa shape index (κ1) is 16.1. The van der Waals surface area contributed by atoms with E-state index in [1.54, 1.807) is 0 Å². The Balaban J connectivity index is 1.80. The van der Waals surface area contributed by atoms with Gasteiger partial charge in [-0.1, -0.05) is 13.8 Å². The van der Waals surface area contributed by atoms with Crippen LogP contribution < -0.4 is 5.32 Å². The number of aliphatic carboxylic acids is 1. The Hall–Kier alpha value is -1.26. The topological polar surface area (TPSA) is 69.6 Å². The van der Waals surface area contributed by atoms with Crippen LogP contribution in [0.25, 0.3) is 0 Å². The maximum Gasteiger partial charge on any atom is 0.317 e. The Kier molecular flexibility index (Phi) is 5.12. The molecular formula is C16H28N2O3. The first-order chi connectivity index (χ1) is 9.99. The highest BCUT2D eigenvalue weighted by Crippen LogP contribution is 2.37. The molecule has 2 N–H and O–H groups in total. The van der Waals surface area contributed by atoms with Crippen molar-refractivity contribution in [3.8, 4) is 0 Å². The number of nitrogens with zero attached hydrogens (tertiary/aromatic N) is 1. The molecule has 2 fully saturated rings. The Morgan fingerprint density at radius 1 is 1.19 bits per heavy atom. The average Bonchev–Trinajstić information content (AvgIpc) is 2.93. The van der Waals surface area contributed by atoms with Crippen LogP contribution in [0.15, 0.2) is 0 Å². The quantitative estimate of drug-likeness (QED) is 0.838. The van der Waals surface area contributed by atoms with Crippen LogP contribution in [0, 0.1) is 11.3 Å². The number of carbonyl (C=O) groups excluding carboxylic acids is 1. The lowest BCUT2D eigenvalue weighted by Gasteiger charge is -2.30. The Labute approximate surface area is 127 Å². The van der Waals surface area contributed by atoms with Gasteiger partial charge in [-0.2, -0.15) is 0 Å². The second kappa shape index (κ2) is 6.67. The van der Waals surface area contributed by atoms with Crippen molar-refractivity contribution >= 4 is 12.0 Å². The molecule has 21 heavy (non-hydrogen) atoms. The fourth-order valence-corrected chi connectivity index (χ4v) is 3.69. The molecule has 1 saturated heterocycles. The molecule has 0 radical (unpaired) electrons. The molecular weight excluding hydrogens is 268 g/mol. The minimum atomic E-state index is -0.699. The number of likely N-dealkylation sites (tertiary alicyclic amines) is 1. The van der Waals surface area contributed by atoms with Crippen molar-refractivity contribution in [1.29, 1.82) is 0 Å². The maximum absolute atomic E-state index is 12.3. The lowest BCUT2D eigenvalue weighted by molar-refractivity contribution is -0.142. The number of hydrogen-bond donors (Lipinski definition) is 2. The van der Waals surface area contributed by atoms with Crippen LogP contribution in [-0.4, -0.2) is 41.1 Å². The van der Waals surface area contributed by atoms with Crippen LogP contribution in [0.1, 0.15) is 58.8 Å². The van der Waals surface area contributed by atoms with Gasteiger partial charge in [0.05, 0.1) is 5.92 Å². The summed E-state index contributed by atoms with van der Waals surface area (Å²) in [6, 6.07) is 0.184. The first-order valence-electron chi connectivity index (χ1n) is 8.28. The van der Waals surface area contributed by atoms with E-state index in [1.807, 2.05) is 4.90 Å². The number of hydrogen-bond acceptors (Lipinski definition) is 2. The third-order valence-electron chi connectivity index (χ3n) is 5.63. The molecule has 2 amide bonds. The van der Waals surface area contributed by atoms with Crippen molar-refractivity contribution in [2.45, 2.75) is 64.8 Å². The molecule has 0 spiro atoms. The van der Waals surface area contributed by atoms with Crippen LogP contribution in [0.5, 0.6) is 0 Å². The van der Waals surface area contributed by atoms with Crippen molar-refractivity contribution in [3.63, 3.8) is 0 Å². The van der Waals surface area contributed by atoms with Crippen LogP contribution in [0.3, 0.4) is 0 Å². The van der Waals surface area contributed by atoms with Gasteiger partial charge in [0.1, 0.15) is 0 Å². The van der Waals surface area contributed by atoms with E-state index >= 15 is 0 Å². The summed E-state index contributed by atoms with van der Waals surface area (Å²) in [4.78, 5) is 25.2. The second-order valence-corrected chi connectivity index (χ2v) is 6.71. The number of rotatable bonds is 4. The molecule has 0 atom stereocenters. The zero-order valence-electron chi connectivity index (χ0n) is 13.2. The van der Waals surface area contributed by atoms with E-state index in [1.165, 1.54) is 0 Å². The van der Waals surface area contributed by atoms with E-state index in [2.05, 4.69) is 19.2 Å². The molecule has 5 heteroatoms. The van der Waals surface area contributed by atoms with Gasteiger partial charge in [-0.25, -0.2) is 4.79 Å². The number of nitrogens with one attached hydrogen (secondary N) is 1. The fourth-order valence-electron chi connectivity index (χ4n) is 3.69. The van der Waals surface area contributed by atoms with Crippen LogP contribution >= 0.6 is 0 Å². The number of carboxylic acids is 1. The van der Waals surface area contributed by atoms with Crippen molar-refractivity contribution in [3.05, 3.63) is 0 Å². The molecule has 0 bridgehead atoms. The maximum atomic E-state index is 12.3. The smallest absolute Gasteiger partial charge is 0.317 e. The normalized spacial score (nSPS) is 28.4. The number of amides is 2. The minimum absolute atomic E-state index is 0.0394. The highest BCUT2D eigenvalue weighted by Gasteiger charge is 2.37. The molecule has 0 unspecified atom stereocenters. The molecule has 1 saturated carbocycles. The average molecular weight is 296 g/mol. The van der Waals surface area contributed by atoms with E-state index in [0.29, 0.717) is 18.3 Å². The highest BCUT2D eigenvalue weighted by atomic mass is 16.4. The summed E-state index contributed by atoms with van der Waals surface area (Å²) in [5.74, 6) is -0.923. The van der Waals surface area contributed by atoms with Gasteiger partial charge in [0, 0.05) is 19.1 Å². The molecule has 2 rings (SSSR count). The van der Waals surface area contributed by atoms with E-state index in [-0.39, 0.29) is 18.0 Å². The monoisotopic (exact) mass is 296 g/mol. The van der Waals surface area contributed by atoms with Gasteiger partial charge in [0.25, 0.3) is 0 Å². The highest BCUT2D eigenvalue weighted by molar-refractivity contribution is 5.75. The molecule has 1 aliphatic heterocycles. The molecule has 5 nitrogen and oxygen atoms in total. The second-order valence-electron chi connectivity index (χ2n) is 6.71. The predicted molar refractivity (Wildman–Crippen MR) is 81.1 cm³/mol. The van der Waals surface area contributed by atoms with Gasteiger partial charge >= 0.3 is 12.0 Å². The molecule has 0 aromatic rings. The van der Waals surface area contributed by atoms with Crippen LogP contribution in [0.2, 0.25) is 0 Å². The van der Waals surface area contributed by atoms with Crippen molar-refractivity contribution in [2.75, 3.05) is 13.1 Å². The summed E-state index contributed by atoms with van der Waals surface area (Å²) in [5.41, 5.74) is 0.304. The summed E-state index contributed by atoms with van der Waals surface area (Å²) < 4.78 is 0. The third-order valence-corrected chi connectivity index (χ3v) is 5.63. The number of carbonyl (C=O) groups is 2. The van der Waals surface area contributed by atoms with E-state index < -0.39 is 5.97 Å². The van der Waals surface area contributed by atoms with Gasteiger partial charge in [0.15, 0.2) is 0 Å². The van der Waals surface area contributed by atoms with Crippen molar-refractivity contribution in [2.24, 2.45) is 11.3 Å². The minimum Gasteiger partial charge on any atom is -0.481 e. The molecule has 0 aromatic carbocycles. The summed E-state index contributed by atoms with van der Waals surface area (Å²) in [5, 5.41) is 12.1. The van der Waals surface area contributed by atoms with Gasteiger partial charge in [-0.3, -0.25) is 4.79 Å². The molecule has 1 aliphatic carbocycles. The Bertz CT molecular complexity index is 385. The standard InChI is InChI=1S/C16H28N2O3/c1-3-16(4-2)9-10-18(11-16)15(21)17-13-7-5-12(6-8-13)14(19)20/h12-13H,3-11H2,1-2H3,(H,17,21)(H,19,20). The first-order valence-corrected chi connectivity index (χ1v) is 8.28. The third kappa shape index (κ3) is 3.69. The lowest BCUT2D eigenvalue weighted by atomic mass is 9.82. The zero-order chi connectivity index (χ0) is 15.5. The van der Waals surface area contributed by atoms with Crippen LogP contribution in [-0.2, 0) is 4.79 Å². The SMILES string of the molecule is CCC1(CC)CCN(C(=O)NC2CCC(C(=O)O)CC2)C1. The largest absolute Gasteiger partial charge is 0.481 e. The van der Waals surface area contributed by atoms with E-state index in [4.69, 9.17) is 5.11 Å². The van der Waals surface area contributed by atoms with Gasteiger partial charge < -0.3 is 15.3 Å². The fraction of sp³-hybridized carbons (Fsp3) is 0.875. The van der Waals surface area contributed by atoms with Gasteiger partial charge in [0.2, 0.25) is 0 Å². The van der Waals surface area contributed by atoms with Crippen molar-refractivity contribution in [1.82, 2.24) is 10.2 Å².